The van der Waals surface area contributed by atoms with E-state index in [4.69, 9.17) is 4.74 Å². The summed E-state index contributed by atoms with van der Waals surface area (Å²) in [7, 11) is 0. The van der Waals surface area contributed by atoms with Crippen LogP contribution in [-0.2, 0) is 9.53 Å². The second-order valence-corrected chi connectivity index (χ2v) is 6.46. The fourth-order valence-corrected chi connectivity index (χ4v) is 3.85. The summed E-state index contributed by atoms with van der Waals surface area (Å²) in [6, 6.07) is 1.99. The minimum Gasteiger partial charge on any atom is -0.463 e. The smallest absolute Gasteiger partial charge is 0.330 e. The molecule has 1 aliphatic carbocycles. The Morgan fingerprint density at radius 2 is 2.28 bits per heavy atom. The third kappa shape index (κ3) is 2.69. The van der Waals surface area contributed by atoms with E-state index >= 15 is 0 Å². The van der Waals surface area contributed by atoms with Gasteiger partial charge in [0.05, 0.1) is 18.3 Å². The van der Waals surface area contributed by atoms with Crippen molar-refractivity contribution in [1.82, 2.24) is 24.6 Å². The van der Waals surface area contributed by atoms with Crippen molar-refractivity contribution in [3.8, 4) is 0 Å². The van der Waals surface area contributed by atoms with Crippen molar-refractivity contribution >= 4 is 22.8 Å². The molecule has 0 aromatic carbocycles. The quantitative estimate of drug-likeness (QED) is 0.583. The predicted molar refractivity (Wildman–Crippen MR) is 93.1 cm³/mol. The average Bonchev–Trinajstić information content (AvgIpc) is 3.31. The number of carbonyl (C=O) groups excluding carboxylic acids is 1. The van der Waals surface area contributed by atoms with Crippen molar-refractivity contribution in [3.63, 3.8) is 0 Å². The number of rotatable bonds is 4. The van der Waals surface area contributed by atoms with E-state index in [-0.39, 0.29) is 11.9 Å². The van der Waals surface area contributed by atoms with Crippen LogP contribution in [-0.4, -0.2) is 37.1 Å². The molecular formula is C18H21N5O2. The van der Waals surface area contributed by atoms with E-state index in [2.05, 4.69) is 31.5 Å². The van der Waals surface area contributed by atoms with Gasteiger partial charge in [-0.2, -0.15) is 0 Å². The second kappa shape index (κ2) is 6.31. The van der Waals surface area contributed by atoms with Gasteiger partial charge in [0.25, 0.3) is 0 Å². The van der Waals surface area contributed by atoms with Crippen molar-refractivity contribution in [3.05, 3.63) is 35.9 Å². The molecule has 4 rings (SSSR count). The van der Waals surface area contributed by atoms with Gasteiger partial charge in [-0.15, -0.1) is 10.2 Å². The summed E-state index contributed by atoms with van der Waals surface area (Å²) in [6.45, 7) is 4.40. The highest BCUT2D eigenvalue weighted by Crippen LogP contribution is 2.44. The van der Waals surface area contributed by atoms with Crippen molar-refractivity contribution in [2.24, 2.45) is 5.92 Å². The molecule has 25 heavy (non-hydrogen) atoms. The van der Waals surface area contributed by atoms with Gasteiger partial charge in [0.2, 0.25) is 0 Å². The van der Waals surface area contributed by atoms with Gasteiger partial charge in [0.15, 0.2) is 11.3 Å². The van der Waals surface area contributed by atoms with Crippen LogP contribution in [0.2, 0.25) is 0 Å². The first-order valence-corrected chi connectivity index (χ1v) is 8.74. The number of aromatic nitrogens is 5. The molecule has 0 amide bonds. The Kier molecular flexibility index (Phi) is 3.99. The molecule has 130 valence electrons. The molecule has 1 aliphatic rings. The number of carbonyl (C=O) groups is 1. The van der Waals surface area contributed by atoms with Gasteiger partial charge in [-0.3, -0.25) is 4.40 Å². The molecule has 7 nitrogen and oxygen atoms in total. The highest BCUT2D eigenvalue weighted by atomic mass is 16.5. The number of nitrogens with one attached hydrogen (secondary N) is 1. The molecule has 3 heterocycles. The maximum Gasteiger partial charge on any atom is 0.330 e. The third-order valence-corrected chi connectivity index (χ3v) is 5.01. The van der Waals surface area contributed by atoms with Gasteiger partial charge in [-0.1, -0.05) is 18.9 Å². The van der Waals surface area contributed by atoms with Gasteiger partial charge in [-0.05, 0) is 31.7 Å². The molecule has 3 aromatic heterocycles. The Morgan fingerprint density at radius 1 is 1.40 bits per heavy atom. The van der Waals surface area contributed by atoms with E-state index < -0.39 is 0 Å². The summed E-state index contributed by atoms with van der Waals surface area (Å²) >= 11 is 0. The average molecular weight is 339 g/mol. The number of fused-ring (bicyclic) bond motifs is 3. The number of ether oxygens (including phenoxy) is 1. The fraction of sp³-hybridized carbons (Fsp3) is 0.444. The molecule has 0 radical (unpaired) electrons. The van der Waals surface area contributed by atoms with Crippen molar-refractivity contribution in [2.45, 2.75) is 39.0 Å². The zero-order chi connectivity index (χ0) is 17.4. The molecule has 1 fully saturated rings. The number of esters is 1. The molecule has 0 bridgehead atoms. The van der Waals surface area contributed by atoms with Gasteiger partial charge in [-0.25, -0.2) is 9.78 Å². The van der Waals surface area contributed by atoms with Crippen LogP contribution in [0.1, 0.15) is 44.9 Å². The SMILES string of the molecule is CCOC(=O)C=C1C[C@@H](CC)[C@@H](c2nnc3cnc4[nH]ccc4n23)C1. The molecular weight excluding hydrogens is 318 g/mol. The van der Waals surface area contributed by atoms with E-state index in [1.54, 1.807) is 12.3 Å². The van der Waals surface area contributed by atoms with E-state index in [1.165, 1.54) is 0 Å². The van der Waals surface area contributed by atoms with Crippen LogP contribution < -0.4 is 0 Å². The van der Waals surface area contributed by atoms with Gasteiger partial charge < -0.3 is 9.72 Å². The number of allylic oxidation sites excluding steroid dienone is 1. The second-order valence-electron chi connectivity index (χ2n) is 6.46. The maximum atomic E-state index is 11.8. The van der Waals surface area contributed by atoms with Crippen LogP contribution >= 0.6 is 0 Å². The lowest BCUT2D eigenvalue weighted by molar-refractivity contribution is -0.137. The Labute approximate surface area is 145 Å². The van der Waals surface area contributed by atoms with Crippen LogP contribution in [0.15, 0.2) is 30.1 Å². The Bertz CT molecular complexity index is 955. The molecule has 0 aliphatic heterocycles. The van der Waals surface area contributed by atoms with Crippen LogP contribution in [0.25, 0.3) is 16.8 Å². The first kappa shape index (κ1) is 15.8. The molecule has 3 aromatic rings. The fourth-order valence-electron chi connectivity index (χ4n) is 3.85. The largest absolute Gasteiger partial charge is 0.463 e. The summed E-state index contributed by atoms with van der Waals surface area (Å²) in [4.78, 5) is 19.3. The summed E-state index contributed by atoms with van der Waals surface area (Å²) in [5, 5.41) is 8.77. The molecule has 7 heteroatoms. The lowest BCUT2D eigenvalue weighted by Gasteiger charge is -2.15. The van der Waals surface area contributed by atoms with Gasteiger partial charge in [0.1, 0.15) is 5.82 Å². The Hall–Kier alpha value is -2.70. The van der Waals surface area contributed by atoms with Crippen molar-refractivity contribution in [1.29, 1.82) is 0 Å². The van der Waals surface area contributed by atoms with Crippen LogP contribution in [0.5, 0.6) is 0 Å². The molecule has 0 saturated heterocycles. The van der Waals surface area contributed by atoms with Gasteiger partial charge in [0, 0.05) is 18.2 Å². The Balaban J connectivity index is 1.74. The lowest BCUT2D eigenvalue weighted by atomic mass is 9.93. The summed E-state index contributed by atoms with van der Waals surface area (Å²) in [6.07, 6.45) is 8.01. The number of H-pyrrole nitrogens is 1. The minimum absolute atomic E-state index is 0.237. The lowest BCUT2D eigenvalue weighted by Crippen LogP contribution is -2.09. The monoisotopic (exact) mass is 339 g/mol. The predicted octanol–water partition coefficient (Wildman–Crippen LogP) is 3.00. The molecule has 1 saturated carbocycles. The van der Waals surface area contributed by atoms with E-state index in [1.807, 2.05) is 19.2 Å². The van der Waals surface area contributed by atoms with E-state index in [0.29, 0.717) is 12.5 Å². The topological polar surface area (TPSA) is 85.2 Å². The third-order valence-electron chi connectivity index (χ3n) is 5.01. The van der Waals surface area contributed by atoms with Crippen molar-refractivity contribution < 1.29 is 9.53 Å². The van der Waals surface area contributed by atoms with Crippen LogP contribution in [0.3, 0.4) is 0 Å². The number of nitrogens with zero attached hydrogens (tertiary/aromatic N) is 4. The Morgan fingerprint density at radius 3 is 3.08 bits per heavy atom. The van der Waals surface area contributed by atoms with Crippen molar-refractivity contribution in [2.75, 3.05) is 6.61 Å². The van der Waals surface area contributed by atoms with E-state index in [0.717, 1.165) is 47.5 Å². The van der Waals surface area contributed by atoms with Gasteiger partial charge >= 0.3 is 5.97 Å². The first-order chi connectivity index (χ1) is 12.2. The molecule has 0 spiro atoms. The standard InChI is InChI=1S/C18H21N5O2/c1-3-12-7-11(9-16(24)25-4-2)8-13(12)18-22-21-15-10-20-17-14(23(15)18)5-6-19-17/h5-6,9-10,12-13,19H,3-4,7-8H2,1-2H3/t12-,13+/m1/s1. The summed E-state index contributed by atoms with van der Waals surface area (Å²) in [5.74, 6) is 1.37. The number of hydrogen-bond acceptors (Lipinski definition) is 5. The van der Waals surface area contributed by atoms with Crippen LogP contribution in [0.4, 0.5) is 0 Å². The highest BCUT2D eigenvalue weighted by Gasteiger charge is 2.34. The molecule has 1 N–H and O–H groups in total. The normalized spacial score (nSPS) is 22.2. The summed E-state index contributed by atoms with van der Waals surface area (Å²) in [5.41, 5.74) is 3.68. The number of hydrogen-bond donors (Lipinski definition) is 1. The highest BCUT2D eigenvalue weighted by molar-refractivity contribution is 5.83. The van der Waals surface area contributed by atoms with E-state index in [9.17, 15) is 4.79 Å². The zero-order valence-corrected chi connectivity index (χ0v) is 14.4. The first-order valence-electron chi connectivity index (χ1n) is 8.74. The summed E-state index contributed by atoms with van der Waals surface area (Å²) < 4.78 is 7.14. The zero-order valence-electron chi connectivity index (χ0n) is 14.4. The number of aromatic amines is 1. The van der Waals surface area contributed by atoms with Crippen LogP contribution in [0, 0.1) is 5.92 Å². The molecule has 2 atom stereocenters. The minimum atomic E-state index is -0.253. The maximum absolute atomic E-state index is 11.8. The molecule has 0 unspecified atom stereocenters.